The summed E-state index contributed by atoms with van der Waals surface area (Å²) in [6, 6.07) is 0. The zero-order valence-electron chi connectivity index (χ0n) is 8.42. The molecule has 0 saturated heterocycles. The minimum absolute atomic E-state index is 0.136. The van der Waals surface area contributed by atoms with Gasteiger partial charge in [-0.3, -0.25) is 4.79 Å². The Morgan fingerprint density at radius 1 is 1.64 bits per heavy atom. The van der Waals surface area contributed by atoms with Crippen molar-refractivity contribution in [3.63, 3.8) is 0 Å². The smallest absolute Gasteiger partial charge is 0.251 e. The van der Waals surface area contributed by atoms with Gasteiger partial charge in [0.15, 0.2) is 0 Å². The fourth-order valence-corrected chi connectivity index (χ4v) is 1.21. The molecule has 0 spiro atoms. The third-order valence-corrected chi connectivity index (χ3v) is 2.26. The number of hydrogen-bond donors (Lipinski definition) is 1. The van der Waals surface area contributed by atoms with Gasteiger partial charge >= 0.3 is 0 Å². The van der Waals surface area contributed by atoms with E-state index in [0.717, 1.165) is 13.0 Å². The number of nitrogens with one attached hydrogen (secondary N) is 1. The van der Waals surface area contributed by atoms with Crippen molar-refractivity contribution < 1.29 is 9.53 Å². The molecule has 0 bridgehead atoms. The van der Waals surface area contributed by atoms with Gasteiger partial charge in [-0.2, -0.15) is 0 Å². The van der Waals surface area contributed by atoms with Crippen molar-refractivity contribution in [2.75, 3.05) is 13.2 Å². The normalized spacial score (nSPS) is 15.4. The van der Waals surface area contributed by atoms with Crippen molar-refractivity contribution >= 4 is 5.91 Å². The quantitative estimate of drug-likeness (QED) is 0.395. The van der Waals surface area contributed by atoms with Gasteiger partial charge in [-0.25, -0.2) is 0 Å². The van der Waals surface area contributed by atoms with Crippen LogP contribution in [0.3, 0.4) is 0 Å². The molecule has 14 heavy (non-hydrogen) atoms. The predicted octanol–water partition coefficient (Wildman–Crippen LogP) is 1.40. The molecule has 0 aromatic carbocycles. The number of carbonyl (C=O) groups excluding carboxylic acids is 1. The summed E-state index contributed by atoms with van der Waals surface area (Å²) in [6.07, 6.45) is 6.35. The molecule has 1 N–H and O–H groups in total. The largest absolute Gasteiger partial charge is 0.378 e. The van der Waals surface area contributed by atoms with Gasteiger partial charge in [-0.15, -0.1) is 5.73 Å². The molecule has 0 aromatic rings. The van der Waals surface area contributed by atoms with Gasteiger partial charge < -0.3 is 10.1 Å². The van der Waals surface area contributed by atoms with Gasteiger partial charge in [-0.1, -0.05) is 6.58 Å². The summed E-state index contributed by atoms with van der Waals surface area (Å²) in [5, 5.41) is 2.72. The Morgan fingerprint density at radius 3 is 3.00 bits per heavy atom. The summed E-state index contributed by atoms with van der Waals surface area (Å²) in [7, 11) is 0. The molecule has 1 amide bonds. The number of carbonyl (C=O) groups is 1. The zero-order chi connectivity index (χ0) is 10.2. The van der Waals surface area contributed by atoms with Crippen molar-refractivity contribution in [3.05, 3.63) is 18.4 Å². The van der Waals surface area contributed by atoms with Crippen molar-refractivity contribution in [3.8, 4) is 0 Å². The SMILES string of the molecule is C=C=CC(=O)NCCCOC1CCC1. The molecule has 3 heteroatoms. The molecular weight excluding hydrogens is 178 g/mol. The van der Waals surface area contributed by atoms with E-state index in [9.17, 15) is 4.79 Å². The molecule has 1 fully saturated rings. The fraction of sp³-hybridized carbons (Fsp3) is 0.636. The molecule has 0 atom stereocenters. The van der Waals surface area contributed by atoms with Crippen LogP contribution in [0.25, 0.3) is 0 Å². The molecule has 0 aromatic heterocycles. The van der Waals surface area contributed by atoms with Crippen LogP contribution in [0.2, 0.25) is 0 Å². The van der Waals surface area contributed by atoms with Crippen LogP contribution in [0.5, 0.6) is 0 Å². The lowest BCUT2D eigenvalue weighted by Gasteiger charge is -2.25. The van der Waals surface area contributed by atoms with Crippen LogP contribution in [-0.4, -0.2) is 25.2 Å². The summed E-state index contributed by atoms with van der Waals surface area (Å²) < 4.78 is 5.53. The Balaban J connectivity index is 1.88. The Morgan fingerprint density at radius 2 is 2.43 bits per heavy atom. The van der Waals surface area contributed by atoms with E-state index in [0.29, 0.717) is 12.6 Å². The second-order valence-electron chi connectivity index (χ2n) is 3.42. The molecule has 0 aliphatic heterocycles. The summed E-state index contributed by atoms with van der Waals surface area (Å²) in [4.78, 5) is 10.9. The first-order chi connectivity index (χ1) is 6.83. The molecule has 0 heterocycles. The van der Waals surface area contributed by atoms with Crippen molar-refractivity contribution in [1.82, 2.24) is 5.32 Å². The van der Waals surface area contributed by atoms with E-state index in [-0.39, 0.29) is 5.91 Å². The van der Waals surface area contributed by atoms with E-state index < -0.39 is 0 Å². The van der Waals surface area contributed by atoms with Crippen LogP contribution < -0.4 is 5.32 Å². The topological polar surface area (TPSA) is 38.3 Å². The molecule has 0 radical (unpaired) electrons. The molecule has 1 aliphatic rings. The van der Waals surface area contributed by atoms with Crippen molar-refractivity contribution in [2.24, 2.45) is 0 Å². The average Bonchev–Trinajstić information content (AvgIpc) is 2.08. The van der Waals surface area contributed by atoms with Gasteiger partial charge in [0.05, 0.1) is 6.10 Å². The van der Waals surface area contributed by atoms with Crippen LogP contribution in [0.15, 0.2) is 18.4 Å². The van der Waals surface area contributed by atoms with Crippen LogP contribution >= 0.6 is 0 Å². The molecule has 0 unspecified atom stereocenters. The maximum atomic E-state index is 10.9. The standard InChI is InChI=1S/C11H17NO2/c1-2-5-11(13)12-8-4-9-14-10-6-3-7-10/h5,10H,1,3-4,6-9H2,(H,12,13). The first kappa shape index (κ1) is 11.0. The van der Waals surface area contributed by atoms with Crippen LogP contribution in [0.1, 0.15) is 25.7 Å². The van der Waals surface area contributed by atoms with E-state index in [4.69, 9.17) is 4.74 Å². The van der Waals surface area contributed by atoms with E-state index >= 15 is 0 Å². The molecule has 78 valence electrons. The zero-order valence-corrected chi connectivity index (χ0v) is 8.42. The highest BCUT2D eigenvalue weighted by atomic mass is 16.5. The Hall–Kier alpha value is -1.05. The van der Waals surface area contributed by atoms with Gasteiger partial charge in [0.2, 0.25) is 0 Å². The summed E-state index contributed by atoms with van der Waals surface area (Å²) in [5.74, 6) is -0.136. The minimum Gasteiger partial charge on any atom is -0.378 e. The van der Waals surface area contributed by atoms with Crippen LogP contribution in [0, 0.1) is 0 Å². The first-order valence-electron chi connectivity index (χ1n) is 5.08. The molecule has 3 nitrogen and oxygen atoms in total. The third-order valence-electron chi connectivity index (χ3n) is 2.26. The van der Waals surface area contributed by atoms with Crippen molar-refractivity contribution in [2.45, 2.75) is 31.8 Å². The summed E-state index contributed by atoms with van der Waals surface area (Å²) in [5.41, 5.74) is 2.43. The van der Waals surface area contributed by atoms with Gasteiger partial charge in [-0.05, 0) is 25.7 Å². The number of hydrogen-bond acceptors (Lipinski definition) is 2. The van der Waals surface area contributed by atoms with Gasteiger partial charge in [0.25, 0.3) is 5.91 Å². The molecular formula is C11H17NO2. The monoisotopic (exact) mass is 195 g/mol. The third kappa shape index (κ3) is 4.26. The highest BCUT2D eigenvalue weighted by Crippen LogP contribution is 2.21. The molecule has 1 aliphatic carbocycles. The van der Waals surface area contributed by atoms with Gasteiger partial charge in [0, 0.05) is 19.2 Å². The lowest BCUT2D eigenvalue weighted by molar-refractivity contribution is -0.116. The minimum atomic E-state index is -0.136. The van der Waals surface area contributed by atoms with Gasteiger partial charge in [0.1, 0.15) is 0 Å². The second-order valence-corrected chi connectivity index (χ2v) is 3.42. The lowest BCUT2D eigenvalue weighted by Crippen LogP contribution is -2.26. The van der Waals surface area contributed by atoms with E-state index in [1.165, 1.54) is 25.3 Å². The Labute approximate surface area is 84.8 Å². The lowest BCUT2D eigenvalue weighted by atomic mass is 9.96. The highest BCUT2D eigenvalue weighted by molar-refractivity contribution is 5.87. The van der Waals surface area contributed by atoms with E-state index in [1.807, 2.05) is 0 Å². The average molecular weight is 195 g/mol. The van der Waals surface area contributed by atoms with Crippen molar-refractivity contribution in [1.29, 1.82) is 0 Å². The number of ether oxygens (including phenoxy) is 1. The Bertz CT molecular complexity index is 227. The van der Waals surface area contributed by atoms with E-state index in [2.05, 4.69) is 17.6 Å². The fourth-order valence-electron chi connectivity index (χ4n) is 1.21. The predicted molar refractivity (Wildman–Crippen MR) is 54.9 cm³/mol. The summed E-state index contributed by atoms with van der Waals surface area (Å²) in [6.45, 7) is 4.72. The number of rotatable bonds is 6. The maximum absolute atomic E-state index is 10.9. The first-order valence-corrected chi connectivity index (χ1v) is 5.08. The molecule has 1 rings (SSSR count). The van der Waals surface area contributed by atoms with Crippen LogP contribution in [0.4, 0.5) is 0 Å². The van der Waals surface area contributed by atoms with E-state index in [1.54, 1.807) is 0 Å². The second kappa shape index (κ2) is 6.41. The summed E-state index contributed by atoms with van der Waals surface area (Å²) >= 11 is 0. The number of amides is 1. The highest BCUT2D eigenvalue weighted by Gasteiger charge is 2.16. The molecule has 1 saturated carbocycles. The Kier molecular flexibility index (Phi) is 5.05. The van der Waals surface area contributed by atoms with Crippen LogP contribution in [-0.2, 0) is 9.53 Å². The maximum Gasteiger partial charge on any atom is 0.251 e.